The van der Waals surface area contributed by atoms with E-state index in [4.69, 9.17) is 21.4 Å². The molecular weight excluding hydrogens is 223 g/mol. The summed E-state index contributed by atoms with van der Waals surface area (Å²) in [7, 11) is 0. The quantitative estimate of drug-likeness (QED) is 0.868. The van der Waals surface area contributed by atoms with Crippen molar-refractivity contribution in [2.75, 3.05) is 6.61 Å². The molecule has 1 N–H and O–H groups in total. The van der Waals surface area contributed by atoms with Crippen LogP contribution in [0.5, 0.6) is 5.75 Å². The van der Waals surface area contributed by atoms with Crippen molar-refractivity contribution in [1.29, 1.82) is 0 Å². The Morgan fingerprint density at radius 1 is 1.60 bits per heavy atom. The average Bonchev–Trinajstić information content (AvgIpc) is 2.16. The zero-order valence-corrected chi connectivity index (χ0v) is 8.79. The molecule has 0 bridgehead atoms. The molecule has 0 aromatic heterocycles. The van der Waals surface area contributed by atoms with Crippen LogP contribution in [-0.2, 0) is 4.79 Å². The second-order valence-electron chi connectivity index (χ2n) is 3.22. The van der Waals surface area contributed by atoms with Crippen LogP contribution in [0.2, 0.25) is 5.02 Å². The van der Waals surface area contributed by atoms with Crippen LogP contribution in [0.25, 0.3) is 0 Å². The molecule has 0 aliphatic carbocycles. The maximum atomic E-state index is 13.3. The van der Waals surface area contributed by atoms with Gasteiger partial charge in [-0.15, -0.1) is 0 Å². The first-order valence-electron chi connectivity index (χ1n) is 4.23. The molecule has 0 saturated carbocycles. The summed E-state index contributed by atoms with van der Waals surface area (Å²) in [5.74, 6) is -1.29. The highest BCUT2D eigenvalue weighted by Gasteiger charge is 2.34. The van der Waals surface area contributed by atoms with Crippen LogP contribution in [-0.4, -0.2) is 23.4 Å². The van der Waals surface area contributed by atoms with Gasteiger partial charge in [0.15, 0.2) is 0 Å². The van der Waals surface area contributed by atoms with Gasteiger partial charge >= 0.3 is 5.97 Å². The highest BCUT2D eigenvalue weighted by atomic mass is 35.5. The highest BCUT2D eigenvalue weighted by Crippen LogP contribution is 2.24. The van der Waals surface area contributed by atoms with Crippen LogP contribution >= 0.6 is 11.6 Å². The van der Waals surface area contributed by atoms with Crippen LogP contribution in [0.4, 0.5) is 4.39 Å². The summed E-state index contributed by atoms with van der Waals surface area (Å²) in [6, 6.07) is 6.48. The minimum Gasteiger partial charge on any atom is -0.488 e. The molecule has 0 heterocycles. The van der Waals surface area contributed by atoms with Crippen LogP contribution in [0.1, 0.15) is 6.92 Å². The molecule has 15 heavy (non-hydrogen) atoms. The highest BCUT2D eigenvalue weighted by molar-refractivity contribution is 6.32. The molecule has 0 amide bonds. The van der Waals surface area contributed by atoms with Crippen molar-refractivity contribution in [2.45, 2.75) is 12.6 Å². The number of hydrogen-bond acceptors (Lipinski definition) is 2. The third-order valence-corrected chi connectivity index (χ3v) is 2.09. The van der Waals surface area contributed by atoms with Crippen molar-refractivity contribution >= 4 is 17.6 Å². The molecule has 0 aliphatic heterocycles. The van der Waals surface area contributed by atoms with E-state index in [0.717, 1.165) is 6.92 Å². The smallest absolute Gasteiger partial charge is 0.344 e. The topological polar surface area (TPSA) is 46.5 Å². The first kappa shape index (κ1) is 11.8. The number of aliphatic carboxylic acids is 1. The average molecular weight is 233 g/mol. The first-order valence-corrected chi connectivity index (χ1v) is 4.61. The van der Waals surface area contributed by atoms with E-state index < -0.39 is 18.2 Å². The second-order valence-corrected chi connectivity index (χ2v) is 3.63. The number of halogens is 2. The zero-order chi connectivity index (χ0) is 11.5. The standard InChI is InChI=1S/C10H10ClFO3/c1-10(12,9(13)14)6-15-8-5-3-2-4-7(8)11/h2-5H,6H2,1H3,(H,13,14). The first-order chi connectivity index (χ1) is 6.93. The summed E-state index contributed by atoms with van der Waals surface area (Å²) in [5.41, 5.74) is -2.42. The summed E-state index contributed by atoms with van der Waals surface area (Å²) in [4.78, 5) is 10.4. The monoisotopic (exact) mass is 232 g/mol. The number of para-hydroxylation sites is 1. The number of carboxylic acids is 1. The molecule has 3 nitrogen and oxygen atoms in total. The summed E-state index contributed by atoms with van der Waals surface area (Å²) in [6.07, 6.45) is 0. The van der Waals surface area contributed by atoms with Crippen molar-refractivity contribution in [3.05, 3.63) is 29.3 Å². The number of rotatable bonds is 4. The molecule has 1 atom stereocenters. The number of hydrogen-bond donors (Lipinski definition) is 1. The van der Waals surface area contributed by atoms with E-state index in [1.54, 1.807) is 24.3 Å². The third-order valence-electron chi connectivity index (χ3n) is 1.78. The normalized spacial score (nSPS) is 14.3. The molecule has 0 aliphatic rings. The molecular formula is C10H10ClFO3. The Labute approximate surface area is 91.4 Å². The lowest BCUT2D eigenvalue weighted by Crippen LogP contribution is -2.36. The Bertz CT molecular complexity index is 365. The lowest BCUT2D eigenvalue weighted by molar-refractivity contribution is -0.151. The number of ether oxygens (including phenoxy) is 1. The predicted octanol–water partition coefficient (Wildman–Crippen LogP) is 2.53. The number of alkyl halides is 1. The number of benzene rings is 1. The summed E-state index contributed by atoms with van der Waals surface area (Å²) >= 11 is 5.74. The van der Waals surface area contributed by atoms with Gasteiger partial charge < -0.3 is 9.84 Å². The Hall–Kier alpha value is -1.29. The summed E-state index contributed by atoms with van der Waals surface area (Å²) in [5, 5.41) is 8.82. The largest absolute Gasteiger partial charge is 0.488 e. The van der Waals surface area contributed by atoms with Crippen molar-refractivity contribution in [3.8, 4) is 5.75 Å². The Morgan fingerprint density at radius 3 is 2.73 bits per heavy atom. The Balaban J connectivity index is 2.66. The van der Waals surface area contributed by atoms with E-state index in [0.29, 0.717) is 5.02 Å². The lowest BCUT2D eigenvalue weighted by atomic mass is 10.1. The van der Waals surface area contributed by atoms with Gasteiger partial charge in [-0.25, -0.2) is 9.18 Å². The maximum absolute atomic E-state index is 13.3. The van der Waals surface area contributed by atoms with E-state index in [1.807, 2.05) is 0 Å². The number of carboxylic acid groups (broad SMARTS) is 1. The van der Waals surface area contributed by atoms with E-state index in [9.17, 15) is 9.18 Å². The van der Waals surface area contributed by atoms with E-state index >= 15 is 0 Å². The Kier molecular flexibility index (Phi) is 3.52. The molecule has 0 radical (unpaired) electrons. The molecule has 0 saturated heterocycles. The van der Waals surface area contributed by atoms with Crippen molar-refractivity contribution in [3.63, 3.8) is 0 Å². The molecule has 0 fully saturated rings. The van der Waals surface area contributed by atoms with Gasteiger partial charge in [-0.2, -0.15) is 0 Å². The molecule has 0 spiro atoms. The fourth-order valence-corrected chi connectivity index (χ4v) is 1.03. The van der Waals surface area contributed by atoms with Gasteiger partial charge in [0.2, 0.25) is 5.67 Å². The van der Waals surface area contributed by atoms with Gasteiger partial charge in [0.05, 0.1) is 5.02 Å². The predicted molar refractivity (Wildman–Crippen MR) is 54.1 cm³/mol. The number of carbonyl (C=O) groups is 1. The van der Waals surface area contributed by atoms with Gasteiger partial charge in [0.1, 0.15) is 12.4 Å². The van der Waals surface area contributed by atoms with Gasteiger partial charge in [-0.05, 0) is 19.1 Å². The van der Waals surface area contributed by atoms with Gasteiger partial charge in [-0.3, -0.25) is 0 Å². The molecule has 1 aromatic carbocycles. The van der Waals surface area contributed by atoms with E-state index in [-0.39, 0.29) is 5.75 Å². The molecule has 1 unspecified atom stereocenters. The molecule has 1 rings (SSSR count). The van der Waals surface area contributed by atoms with Crippen LogP contribution in [0.3, 0.4) is 0 Å². The molecule has 1 aromatic rings. The van der Waals surface area contributed by atoms with E-state index in [2.05, 4.69) is 0 Å². The molecule has 82 valence electrons. The third kappa shape index (κ3) is 3.09. The van der Waals surface area contributed by atoms with Gasteiger partial charge in [-0.1, -0.05) is 23.7 Å². The SMILES string of the molecule is CC(F)(COc1ccccc1Cl)C(=O)O. The van der Waals surface area contributed by atoms with Crippen molar-refractivity contribution in [2.24, 2.45) is 0 Å². The maximum Gasteiger partial charge on any atom is 0.344 e. The summed E-state index contributed by atoms with van der Waals surface area (Å²) < 4.78 is 18.2. The minimum atomic E-state index is -2.42. The van der Waals surface area contributed by atoms with Crippen molar-refractivity contribution in [1.82, 2.24) is 0 Å². The fraction of sp³-hybridized carbons (Fsp3) is 0.300. The van der Waals surface area contributed by atoms with Gasteiger partial charge in [0.25, 0.3) is 0 Å². The lowest BCUT2D eigenvalue weighted by Gasteiger charge is -2.16. The minimum absolute atomic E-state index is 0.268. The molecule has 5 heteroatoms. The Morgan fingerprint density at radius 2 is 2.20 bits per heavy atom. The van der Waals surface area contributed by atoms with E-state index in [1.165, 1.54) is 0 Å². The van der Waals surface area contributed by atoms with Crippen LogP contribution < -0.4 is 4.74 Å². The van der Waals surface area contributed by atoms with Crippen LogP contribution in [0.15, 0.2) is 24.3 Å². The van der Waals surface area contributed by atoms with Crippen LogP contribution in [0, 0.1) is 0 Å². The second kappa shape index (κ2) is 4.49. The summed E-state index contributed by atoms with van der Waals surface area (Å²) in [6.45, 7) is 0.359. The zero-order valence-electron chi connectivity index (χ0n) is 8.04. The van der Waals surface area contributed by atoms with Crippen molar-refractivity contribution < 1.29 is 19.0 Å². The fourth-order valence-electron chi connectivity index (χ4n) is 0.837. The van der Waals surface area contributed by atoms with Gasteiger partial charge in [0, 0.05) is 0 Å².